The minimum absolute atomic E-state index is 0. The number of nitrogens with zero attached hydrogens (tertiary/aromatic N) is 1. The molecule has 0 aromatic heterocycles. The number of amides is 1. The van der Waals surface area contributed by atoms with Gasteiger partial charge in [-0.2, -0.15) is 0 Å². The van der Waals surface area contributed by atoms with E-state index in [4.69, 9.17) is 0 Å². The van der Waals surface area contributed by atoms with Crippen LogP contribution in [0.1, 0.15) is 32.1 Å². The zero-order chi connectivity index (χ0) is 12.3. The minimum atomic E-state index is 0. The van der Waals surface area contributed by atoms with Crippen molar-refractivity contribution in [3.8, 4) is 0 Å². The molecule has 104 valence electrons. The van der Waals surface area contributed by atoms with Gasteiger partial charge >= 0.3 is 0 Å². The van der Waals surface area contributed by atoms with Gasteiger partial charge < -0.3 is 10.2 Å². The van der Waals surface area contributed by atoms with Crippen molar-refractivity contribution in [2.24, 2.45) is 11.3 Å². The van der Waals surface area contributed by atoms with Crippen LogP contribution in [0.25, 0.3) is 0 Å². The first-order valence-electron chi connectivity index (χ1n) is 6.76. The Morgan fingerprint density at radius 2 is 2.17 bits per heavy atom. The van der Waals surface area contributed by atoms with Gasteiger partial charge in [0.05, 0.1) is 0 Å². The molecule has 1 saturated carbocycles. The summed E-state index contributed by atoms with van der Waals surface area (Å²) in [6, 6.07) is 0. The van der Waals surface area contributed by atoms with Crippen molar-refractivity contribution in [3.05, 3.63) is 12.7 Å². The predicted molar refractivity (Wildman–Crippen MR) is 77.0 cm³/mol. The molecule has 3 nitrogen and oxygen atoms in total. The number of piperidine rings is 1. The fourth-order valence-electron chi connectivity index (χ4n) is 3.02. The zero-order valence-electron chi connectivity index (χ0n) is 11.3. The summed E-state index contributed by atoms with van der Waals surface area (Å²) in [7, 11) is 1.94. The number of carbonyl (C=O) groups excluding carboxylic acids is 1. The Balaban J connectivity index is 0.00000162. The van der Waals surface area contributed by atoms with Crippen molar-refractivity contribution in [1.82, 2.24) is 10.2 Å². The lowest BCUT2D eigenvalue weighted by Gasteiger charge is -2.25. The highest BCUT2D eigenvalue weighted by Gasteiger charge is 2.58. The summed E-state index contributed by atoms with van der Waals surface area (Å²) in [6.07, 6.45) is 7.45. The Morgan fingerprint density at radius 3 is 2.78 bits per heavy atom. The Kier molecular flexibility index (Phi) is 5.67. The Morgan fingerprint density at radius 1 is 1.50 bits per heavy atom. The molecule has 1 saturated heterocycles. The quantitative estimate of drug-likeness (QED) is 0.615. The maximum Gasteiger partial charge on any atom is 0.226 e. The molecule has 1 amide bonds. The fourth-order valence-corrected chi connectivity index (χ4v) is 3.02. The molecular formula is C14H25ClN2O. The van der Waals surface area contributed by atoms with Crippen LogP contribution in [-0.4, -0.2) is 37.5 Å². The lowest BCUT2D eigenvalue weighted by atomic mass is 9.91. The van der Waals surface area contributed by atoms with Crippen LogP contribution in [0.2, 0.25) is 0 Å². The topological polar surface area (TPSA) is 32.3 Å². The summed E-state index contributed by atoms with van der Waals surface area (Å²) in [5.41, 5.74) is 0.370. The van der Waals surface area contributed by atoms with Gasteiger partial charge in [0.25, 0.3) is 0 Å². The van der Waals surface area contributed by atoms with Crippen molar-refractivity contribution < 1.29 is 4.79 Å². The molecule has 4 heteroatoms. The fraction of sp³-hybridized carbons (Fsp3) is 0.786. The van der Waals surface area contributed by atoms with E-state index in [9.17, 15) is 4.79 Å². The first-order chi connectivity index (χ1) is 8.19. The molecule has 1 aliphatic carbocycles. The molecule has 1 unspecified atom stereocenters. The van der Waals surface area contributed by atoms with Crippen molar-refractivity contribution in [2.75, 3.05) is 26.7 Å². The van der Waals surface area contributed by atoms with E-state index in [1.54, 1.807) is 0 Å². The van der Waals surface area contributed by atoms with Crippen molar-refractivity contribution >= 4 is 18.3 Å². The number of hydrogen-bond acceptors (Lipinski definition) is 2. The van der Waals surface area contributed by atoms with Gasteiger partial charge in [-0.15, -0.1) is 19.0 Å². The van der Waals surface area contributed by atoms with Crippen LogP contribution in [0.5, 0.6) is 0 Å². The van der Waals surface area contributed by atoms with Crippen LogP contribution < -0.4 is 5.32 Å². The van der Waals surface area contributed by atoms with Crippen molar-refractivity contribution in [2.45, 2.75) is 32.1 Å². The number of halogens is 1. The number of rotatable bonds is 5. The predicted octanol–water partition coefficient (Wildman–Crippen LogP) is 2.22. The smallest absolute Gasteiger partial charge is 0.226 e. The Hall–Kier alpha value is -0.540. The maximum atomic E-state index is 12.3. The van der Waals surface area contributed by atoms with E-state index in [0.717, 1.165) is 38.9 Å². The molecule has 0 bridgehead atoms. The number of unbranched alkanes of at least 4 members (excludes halogenated alkanes) is 1. The highest BCUT2D eigenvalue weighted by Crippen LogP contribution is 2.59. The van der Waals surface area contributed by atoms with Crippen LogP contribution in [-0.2, 0) is 4.79 Å². The standard InChI is InChI=1S/C14H24N2O.ClH/c1-3-4-5-10-16(2)13(17)12-11-14(12)6-8-15-9-7-14;/h3,12,15H,1,4-11H2,2H3;1H. The third-order valence-electron chi connectivity index (χ3n) is 4.37. The molecule has 1 atom stereocenters. The van der Waals surface area contributed by atoms with Gasteiger partial charge in [-0.1, -0.05) is 6.08 Å². The first kappa shape index (κ1) is 15.5. The molecular weight excluding hydrogens is 248 g/mol. The number of hydrogen-bond donors (Lipinski definition) is 1. The molecule has 1 aliphatic heterocycles. The summed E-state index contributed by atoms with van der Waals surface area (Å²) in [5.74, 6) is 0.689. The van der Waals surface area contributed by atoms with E-state index in [2.05, 4.69) is 11.9 Å². The van der Waals surface area contributed by atoms with E-state index in [1.165, 1.54) is 12.8 Å². The van der Waals surface area contributed by atoms with Crippen LogP contribution in [0.3, 0.4) is 0 Å². The SMILES string of the molecule is C=CCCCN(C)C(=O)C1CC12CCNCC2.Cl. The van der Waals surface area contributed by atoms with Gasteiger partial charge in [0.2, 0.25) is 5.91 Å². The number of nitrogens with one attached hydrogen (secondary N) is 1. The summed E-state index contributed by atoms with van der Waals surface area (Å²) in [4.78, 5) is 14.2. The highest BCUT2D eigenvalue weighted by molar-refractivity contribution is 5.85. The lowest BCUT2D eigenvalue weighted by Crippen LogP contribution is -2.35. The van der Waals surface area contributed by atoms with Crippen molar-refractivity contribution in [1.29, 1.82) is 0 Å². The molecule has 2 fully saturated rings. The third kappa shape index (κ3) is 3.27. The van der Waals surface area contributed by atoms with Crippen molar-refractivity contribution in [3.63, 3.8) is 0 Å². The Labute approximate surface area is 116 Å². The molecule has 1 heterocycles. The summed E-state index contributed by atoms with van der Waals surface area (Å²) in [6.45, 7) is 6.75. The second-order valence-corrected chi connectivity index (χ2v) is 5.56. The molecule has 1 N–H and O–H groups in total. The summed E-state index contributed by atoms with van der Waals surface area (Å²) in [5, 5.41) is 3.37. The summed E-state index contributed by atoms with van der Waals surface area (Å²) < 4.78 is 0. The van der Waals surface area contributed by atoms with Gasteiger partial charge in [-0.05, 0) is 50.6 Å². The van der Waals surface area contributed by atoms with Crippen LogP contribution >= 0.6 is 12.4 Å². The van der Waals surface area contributed by atoms with Crippen LogP contribution in [0.15, 0.2) is 12.7 Å². The van der Waals surface area contributed by atoms with Gasteiger partial charge in [0.1, 0.15) is 0 Å². The highest BCUT2D eigenvalue weighted by atomic mass is 35.5. The largest absolute Gasteiger partial charge is 0.345 e. The Bertz CT molecular complexity index is 300. The van der Waals surface area contributed by atoms with E-state index < -0.39 is 0 Å². The molecule has 0 radical (unpaired) electrons. The van der Waals surface area contributed by atoms with E-state index in [1.807, 2.05) is 18.0 Å². The lowest BCUT2D eigenvalue weighted by molar-refractivity contribution is -0.132. The van der Waals surface area contributed by atoms with Gasteiger partial charge in [0, 0.05) is 19.5 Å². The molecule has 18 heavy (non-hydrogen) atoms. The average Bonchev–Trinajstić information content (AvgIpc) is 3.03. The zero-order valence-corrected chi connectivity index (χ0v) is 12.1. The second kappa shape index (κ2) is 6.58. The van der Waals surface area contributed by atoms with E-state index in [-0.39, 0.29) is 12.4 Å². The first-order valence-corrected chi connectivity index (χ1v) is 6.76. The molecule has 1 spiro atoms. The maximum absolute atomic E-state index is 12.3. The molecule has 0 aromatic carbocycles. The monoisotopic (exact) mass is 272 g/mol. The number of allylic oxidation sites excluding steroid dienone is 1. The normalized spacial score (nSPS) is 24.2. The third-order valence-corrected chi connectivity index (χ3v) is 4.37. The van der Waals surface area contributed by atoms with E-state index >= 15 is 0 Å². The number of carbonyl (C=O) groups is 1. The van der Waals surface area contributed by atoms with Crippen LogP contribution in [0, 0.1) is 11.3 Å². The second-order valence-electron chi connectivity index (χ2n) is 5.56. The van der Waals surface area contributed by atoms with Crippen LogP contribution in [0.4, 0.5) is 0 Å². The van der Waals surface area contributed by atoms with E-state index in [0.29, 0.717) is 17.2 Å². The molecule has 2 rings (SSSR count). The average molecular weight is 273 g/mol. The van der Waals surface area contributed by atoms with Gasteiger partial charge in [-0.3, -0.25) is 4.79 Å². The van der Waals surface area contributed by atoms with Gasteiger partial charge in [0.15, 0.2) is 0 Å². The molecule has 0 aromatic rings. The summed E-state index contributed by atoms with van der Waals surface area (Å²) >= 11 is 0. The minimum Gasteiger partial charge on any atom is -0.345 e. The van der Waals surface area contributed by atoms with Gasteiger partial charge in [-0.25, -0.2) is 0 Å². The molecule has 2 aliphatic rings.